The number of aromatic hydroxyl groups is 1. The van der Waals surface area contributed by atoms with E-state index >= 15 is 0 Å². The Morgan fingerprint density at radius 2 is 1.65 bits per heavy atom. The predicted molar refractivity (Wildman–Crippen MR) is 72.8 cm³/mol. The van der Waals surface area contributed by atoms with Gasteiger partial charge in [-0.05, 0) is 17.7 Å². The molecule has 0 aliphatic rings. The van der Waals surface area contributed by atoms with E-state index in [2.05, 4.69) is 4.74 Å². The number of phenols is 1. The third-order valence-electron chi connectivity index (χ3n) is 2.23. The molecule has 20 heavy (non-hydrogen) atoms. The van der Waals surface area contributed by atoms with Crippen LogP contribution in [0.3, 0.4) is 0 Å². The molecule has 5 nitrogen and oxygen atoms in total. The molecule has 104 valence electrons. The summed E-state index contributed by atoms with van der Waals surface area (Å²) in [6, 6.07) is 15.2. The quantitative estimate of drug-likeness (QED) is 0.663. The average molecular weight is 274 g/mol. The Bertz CT molecular complexity index is 534. The lowest BCUT2D eigenvalue weighted by molar-refractivity contribution is 0.0853. The van der Waals surface area contributed by atoms with E-state index in [9.17, 15) is 9.59 Å². The van der Waals surface area contributed by atoms with Gasteiger partial charge < -0.3 is 14.9 Å². The van der Waals surface area contributed by atoms with Gasteiger partial charge in [-0.2, -0.15) is 0 Å². The van der Waals surface area contributed by atoms with Crippen LogP contribution < -0.4 is 0 Å². The fourth-order valence-electron chi connectivity index (χ4n) is 1.27. The Balaban J connectivity index is 0.000000217. The summed E-state index contributed by atoms with van der Waals surface area (Å²) in [7, 11) is 0. The van der Waals surface area contributed by atoms with Crippen molar-refractivity contribution >= 4 is 12.4 Å². The molecule has 0 heterocycles. The number of hydrogen-bond acceptors (Lipinski definition) is 4. The SMILES string of the molecule is O=C(O)OCc1ccc(O)cc1.O=Cc1ccccc1. The lowest BCUT2D eigenvalue weighted by Gasteiger charge is -1.99. The van der Waals surface area contributed by atoms with Crippen molar-refractivity contribution in [1.82, 2.24) is 0 Å². The summed E-state index contributed by atoms with van der Waals surface area (Å²) in [5.74, 6) is 0.147. The van der Waals surface area contributed by atoms with E-state index < -0.39 is 6.16 Å². The van der Waals surface area contributed by atoms with E-state index in [4.69, 9.17) is 10.2 Å². The van der Waals surface area contributed by atoms with Crippen molar-refractivity contribution in [3.05, 3.63) is 65.7 Å². The second kappa shape index (κ2) is 8.31. The molecule has 0 bridgehead atoms. The minimum atomic E-state index is -1.30. The van der Waals surface area contributed by atoms with Crippen molar-refractivity contribution in [2.45, 2.75) is 6.61 Å². The van der Waals surface area contributed by atoms with Crippen LogP contribution in [0.2, 0.25) is 0 Å². The van der Waals surface area contributed by atoms with Gasteiger partial charge in [-0.25, -0.2) is 4.79 Å². The van der Waals surface area contributed by atoms with Crippen molar-refractivity contribution in [2.75, 3.05) is 0 Å². The van der Waals surface area contributed by atoms with Crippen LogP contribution in [0.5, 0.6) is 5.75 Å². The van der Waals surface area contributed by atoms with Gasteiger partial charge in [0.15, 0.2) is 0 Å². The number of rotatable bonds is 3. The van der Waals surface area contributed by atoms with Gasteiger partial charge >= 0.3 is 6.16 Å². The minimum absolute atomic E-state index is 0.00954. The second-order valence-electron chi connectivity index (χ2n) is 3.75. The number of phenolic OH excluding ortho intramolecular Hbond substituents is 1. The highest BCUT2D eigenvalue weighted by molar-refractivity contribution is 5.74. The van der Waals surface area contributed by atoms with Crippen molar-refractivity contribution < 1.29 is 24.5 Å². The van der Waals surface area contributed by atoms with Crippen LogP contribution in [-0.2, 0) is 11.3 Å². The highest BCUT2D eigenvalue weighted by atomic mass is 16.7. The first-order valence-electron chi connectivity index (χ1n) is 5.75. The smallest absolute Gasteiger partial charge is 0.506 e. The minimum Gasteiger partial charge on any atom is -0.508 e. The Morgan fingerprint density at radius 1 is 1.05 bits per heavy atom. The van der Waals surface area contributed by atoms with Crippen LogP contribution in [-0.4, -0.2) is 22.7 Å². The standard InChI is InChI=1S/C8H8O4.C7H6O/c9-7-3-1-6(2-4-7)5-12-8(10)11;8-6-7-4-2-1-3-5-7/h1-4,9H,5H2,(H,10,11);1-6H. The zero-order chi connectivity index (χ0) is 14.8. The van der Waals surface area contributed by atoms with E-state index in [1.54, 1.807) is 24.3 Å². The molecule has 0 aliphatic carbocycles. The number of ether oxygens (including phenoxy) is 1. The first-order valence-corrected chi connectivity index (χ1v) is 5.75. The molecule has 2 aromatic rings. The Labute approximate surface area is 116 Å². The third kappa shape index (κ3) is 6.20. The molecule has 0 spiro atoms. The molecule has 0 aliphatic heterocycles. The van der Waals surface area contributed by atoms with E-state index in [1.807, 2.05) is 18.2 Å². The normalized spacial score (nSPS) is 9.00. The molecule has 2 rings (SSSR count). The summed E-state index contributed by atoms with van der Waals surface area (Å²) in [5.41, 5.74) is 1.43. The molecule has 0 aromatic heterocycles. The molecular formula is C15H14O5. The predicted octanol–water partition coefficient (Wildman–Crippen LogP) is 3.09. The van der Waals surface area contributed by atoms with E-state index in [-0.39, 0.29) is 12.4 Å². The van der Waals surface area contributed by atoms with Crippen molar-refractivity contribution in [2.24, 2.45) is 0 Å². The van der Waals surface area contributed by atoms with Crippen LogP contribution in [0.1, 0.15) is 15.9 Å². The summed E-state index contributed by atoms with van der Waals surface area (Å²) in [6.07, 6.45) is -0.469. The van der Waals surface area contributed by atoms with E-state index in [0.717, 1.165) is 11.8 Å². The van der Waals surface area contributed by atoms with E-state index in [1.165, 1.54) is 12.1 Å². The Hall–Kier alpha value is -2.82. The molecule has 0 saturated heterocycles. The lowest BCUT2D eigenvalue weighted by Crippen LogP contribution is -1.99. The first-order chi connectivity index (χ1) is 9.61. The lowest BCUT2D eigenvalue weighted by atomic mass is 10.2. The van der Waals surface area contributed by atoms with Gasteiger partial charge in [0, 0.05) is 5.56 Å². The molecule has 2 aromatic carbocycles. The number of carbonyl (C=O) groups is 2. The summed E-state index contributed by atoms with van der Waals surface area (Å²) >= 11 is 0. The fourth-order valence-corrected chi connectivity index (χ4v) is 1.27. The monoisotopic (exact) mass is 274 g/mol. The molecule has 0 unspecified atom stereocenters. The molecule has 0 radical (unpaired) electrons. The summed E-state index contributed by atoms with van der Waals surface area (Å²) < 4.78 is 4.30. The van der Waals surface area contributed by atoms with Gasteiger partial charge in [0.2, 0.25) is 0 Å². The number of aldehydes is 1. The van der Waals surface area contributed by atoms with Gasteiger partial charge in [-0.15, -0.1) is 0 Å². The Morgan fingerprint density at radius 3 is 2.10 bits per heavy atom. The molecule has 2 N–H and O–H groups in total. The summed E-state index contributed by atoms with van der Waals surface area (Å²) in [4.78, 5) is 20.0. The van der Waals surface area contributed by atoms with Gasteiger partial charge in [-0.3, -0.25) is 4.79 Å². The van der Waals surface area contributed by atoms with Crippen LogP contribution in [0.4, 0.5) is 4.79 Å². The number of benzene rings is 2. The largest absolute Gasteiger partial charge is 0.508 e. The van der Waals surface area contributed by atoms with Gasteiger partial charge in [0.25, 0.3) is 0 Å². The maximum atomic E-state index is 10.0. The topological polar surface area (TPSA) is 83.8 Å². The third-order valence-corrected chi connectivity index (χ3v) is 2.23. The van der Waals surface area contributed by atoms with Crippen molar-refractivity contribution in [3.8, 4) is 5.75 Å². The average Bonchev–Trinajstić information content (AvgIpc) is 2.48. The molecule has 5 heteroatoms. The maximum absolute atomic E-state index is 10.0. The number of hydrogen-bond donors (Lipinski definition) is 2. The van der Waals surface area contributed by atoms with Gasteiger partial charge in [-0.1, -0.05) is 42.5 Å². The van der Waals surface area contributed by atoms with E-state index in [0.29, 0.717) is 5.56 Å². The highest BCUT2D eigenvalue weighted by Crippen LogP contribution is 2.10. The van der Waals surface area contributed by atoms with Crippen molar-refractivity contribution in [1.29, 1.82) is 0 Å². The number of carboxylic acid groups (broad SMARTS) is 1. The molecular weight excluding hydrogens is 260 g/mol. The summed E-state index contributed by atoms with van der Waals surface area (Å²) in [5, 5.41) is 17.0. The first kappa shape index (κ1) is 15.2. The zero-order valence-corrected chi connectivity index (χ0v) is 10.6. The van der Waals surface area contributed by atoms with Crippen molar-refractivity contribution in [3.63, 3.8) is 0 Å². The fraction of sp³-hybridized carbons (Fsp3) is 0.0667. The number of carbonyl (C=O) groups excluding carboxylic acids is 1. The molecule has 0 fully saturated rings. The van der Waals surface area contributed by atoms with Crippen LogP contribution in [0.25, 0.3) is 0 Å². The summed E-state index contributed by atoms with van der Waals surface area (Å²) in [6.45, 7) is 0.00954. The van der Waals surface area contributed by atoms with Crippen LogP contribution in [0.15, 0.2) is 54.6 Å². The highest BCUT2D eigenvalue weighted by Gasteiger charge is 1.97. The van der Waals surface area contributed by atoms with Crippen LogP contribution in [0, 0.1) is 0 Å². The van der Waals surface area contributed by atoms with Gasteiger partial charge in [0.1, 0.15) is 18.6 Å². The van der Waals surface area contributed by atoms with Gasteiger partial charge in [0.05, 0.1) is 0 Å². The molecule has 0 atom stereocenters. The van der Waals surface area contributed by atoms with Crippen LogP contribution >= 0.6 is 0 Å². The Kier molecular flexibility index (Phi) is 6.33. The zero-order valence-electron chi connectivity index (χ0n) is 10.6. The second-order valence-corrected chi connectivity index (χ2v) is 3.75. The molecule has 0 amide bonds. The maximum Gasteiger partial charge on any atom is 0.506 e. The molecule has 0 saturated carbocycles.